The lowest BCUT2D eigenvalue weighted by Gasteiger charge is -2.18. The fourth-order valence-electron chi connectivity index (χ4n) is 3.79. The van der Waals surface area contributed by atoms with Crippen LogP contribution < -0.4 is 10.2 Å². The molecule has 0 spiro atoms. The largest absolute Gasteiger partial charge is 0.352 e. The minimum atomic E-state index is -0.274. The first kappa shape index (κ1) is 21.7. The highest BCUT2D eigenvalue weighted by atomic mass is 16.2. The summed E-state index contributed by atoms with van der Waals surface area (Å²) in [4.78, 5) is 39.8. The van der Waals surface area contributed by atoms with Crippen molar-refractivity contribution in [2.24, 2.45) is 0 Å². The van der Waals surface area contributed by atoms with E-state index >= 15 is 0 Å². The molecule has 2 N–H and O–H groups in total. The van der Waals surface area contributed by atoms with Gasteiger partial charge in [-0.05, 0) is 38.0 Å². The number of nitrogens with zero attached hydrogens (tertiary/aromatic N) is 1. The standard InChI is InChI=1S/C24H29N3O3/c1-3-26(4-2)17-19-11-6-5-10-18(19)16-25-22(28)14-9-15-27-23(29)20-12-7-8-13-21(20)24(27)30/h5-8,10-13H,3-4,9,14-17H2,1-2H3,(H,25,28)/p+1. The smallest absolute Gasteiger partial charge is 0.261 e. The van der Waals surface area contributed by atoms with Gasteiger partial charge in [0.05, 0.1) is 24.2 Å². The van der Waals surface area contributed by atoms with Gasteiger partial charge in [-0.25, -0.2) is 0 Å². The van der Waals surface area contributed by atoms with Crippen molar-refractivity contribution in [2.45, 2.75) is 39.8 Å². The molecule has 1 aliphatic heterocycles. The molecule has 0 fully saturated rings. The normalized spacial score (nSPS) is 13.1. The van der Waals surface area contributed by atoms with Crippen LogP contribution in [0, 0.1) is 0 Å². The molecular formula is C24H30N3O3+. The van der Waals surface area contributed by atoms with Crippen LogP contribution in [-0.2, 0) is 17.9 Å². The van der Waals surface area contributed by atoms with Gasteiger partial charge in [0, 0.05) is 25.1 Å². The van der Waals surface area contributed by atoms with Crippen LogP contribution in [0.25, 0.3) is 0 Å². The molecule has 1 heterocycles. The second kappa shape index (κ2) is 10.2. The second-order valence-corrected chi connectivity index (χ2v) is 7.59. The molecule has 0 atom stereocenters. The summed E-state index contributed by atoms with van der Waals surface area (Å²) < 4.78 is 0. The summed E-state index contributed by atoms with van der Waals surface area (Å²) in [7, 11) is 0. The van der Waals surface area contributed by atoms with Crippen LogP contribution in [0.2, 0.25) is 0 Å². The molecule has 1 aliphatic rings. The topological polar surface area (TPSA) is 70.9 Å². The van der Waals surface area contributed by atoms with Crippen LogP contribution in [0.3, 0.4) is 0 Å². The van der Waals surface area contributed by atoms with Crippen LogP contribution >= 0.6 is 0 Å². The molecule has 6 heteroatoms. The Morgan fingerprint density at radius 2 is 1.47 bits per heavy atom. The molecule has 2 aromatic carbocycles. The Morgan fingerprint density at radius 3 is 2.07 bits per heavy atom. The monoisotopic (exact) mass is 408 g/mol. The van der Waals surface area contributed by atoms with E-state index in [9.17, 15) is 14.4 Å². The Balaban J connectivity index is 1.48. The fourth-order valence-corrected chi connectivity index (χ4v) is 3.79. The molecule has 0 aromatic heterocycles. The Bertz CT molecular complexity index is 886. The molecule has 3 amide bonds. The van der Waals surface area contributed by atoms with Crippen LogP contribution in [0.4, 0.5) is 0 Å². The minimum absolute atomic E-state index is 0.0726. The average molecular weight is 409 g/mol. The molecule has 0 saturated carbocycles. The maximum absolute atomic E-state index is 12.4. The first-order chi connectivity index (χ1) is 14.5. The summed E-state index contributed by atoms with van der Waals surface area (Å²) in [5, 5.41) is 2.98. The Kier molecular flexibility index (Phi) is 7.36. The van der Waals surface area contributed by atoms with Gasteiger partial charge in [-0.3, -0.25) is 19.3 Å². The number of amides is 3. The summed E-state index contributed by atoms with van der Waals surface area (Å²) in [5.41, 5.74) is 3.27. The number of imide groups is 1. The number of rotatable bonds is 10. The van der Waals surface area contributed by atoms with Crippen molar-refractivity contribution in [1.82, 2.24) is 10.2 Å². The van der Waals surface area contributed by atoms with E-state index < -0.39 is 0 Å². The van der Waals surface area contributed by atoms with Gasteiger partial charge in [0.1, 0.15) is 6.54 Å². The Hall–Kier alpha value is -2.99. The number of fused-ring (bicyclic) bond motifs is 1. The molecule has 0 unspecified atom stereocenters. The number of carbonyl (C=O) groups is 3. The minimum Gasteiger partial charge on any atom is -0.352 e. The highest BCUT2D eigenvalue weighted by Crippen LogP contribution is 2.22. The molecule has 6 nitrogen and oxygen atoms in total. The highest BCUT2D eigenvalue weighted by molar-refractivity contribution is 6.21. The summed E-state index contributed by atoms with van der Waals surface area (Å²) in [5.74, 6) is -0.621. The summed E-state index contributed by atoms with van der Waals surface area (Å²) in [6, 6.07) is 15.0. The van der Waals surface area contributed by atoms with E-state index in [1.807, 2.05) is 12.1 Å². The third kappa shape index (κ3) is 4.94. The van der Waals surface area contributed by atoms with E-state index in [0.717, 1.165) is 25.2 Å². The number of hydrogen-bond donors (Lipinski definition) is 2. The van der Waals surface area contributed by atoms with Gasteiger partial charge in [0.2, 0.25) is 5.91 Å². The predicted molar refractivity (Wildman–Crippen MR) is 115 cm³/mol. The number of carbonyl (C=O) groups excluding carboxylic acids is 3. The van der Waals surface area contributed by atoms with E-state index in [2.05, 4.69) is 31.3 Å². The fraction of sp³-hybridized carbons (Fsp3) is 0.375. The zero-order chi connectivity index (χ0) is 21.5. The van der Waals surface area contributed by atoms with Crippen molar-refractivity contribution in [2.75, 3.05) is 19.6 Å². The molecule has 0 bridgehead atoms. The van der Waals surface area contributed by atoms with Crippen molar-refractivity contribution in [3.8, 4) is 0 Å². The number of hydrogen-bond acceptors (Lipinski definition) is 3. The Morgan fingerprint density at radius 1 is 0.900 bits per heavy atom. The third-order valence-corrected chi connectivity index (χ3v) is 5.70. The van der Waals surface area contributed by atoms with E-state index in [-0.39, 0.29) is 30.7 Å². The number of quaternary nitrogens is 1. The molecule has 158 valence electrons. The van der Waals surface area contributed by atoms with Gasteiger partial charge >= 0.3 is 0 Å². The molecule has 3 rings (SSSR count). The van der Waals surface area contributed by atoms with Crippen molar-refractivity contribution in [1.29, 1.82) is 0 Å². The predicted octanol–water partition coefficient (Wildman–Crippen LogP) is 1.80. The second-order valence-electron chi connectivity index (χ2n) is 7.59. The lowest BCUT2D eigenvalue weighted by Crippen LogP contribution is -3.10. The first-order valence-electron chi connectivity index (χ1n) is 10.7. The summed E-state index contributed by atoms with van der Waals surface area (Å²) in [6.07, 6.45) is 0.722. The van der Waals surface area contributed by atoms with Gasteiger partial charge in [-0.15, -0.1) is 0 Å². The SMILES string of the molecule is CC[NH+](CC)Cc1ccccc1CNC(=O)CCCN1C(=O)c2ccccc2C1=O. The van der Waals surface area contributed by atoms with Crippen LogP contribution in [0.1, 0.15) is 58.5 Å². The van der Waals surface area contributed by atoms with Gasteiger partial charge in [0.15, 0.2) is 0 Å². The van der Waals surface area contributed by atoms with Gasteiger partial charge in [-0.1, -0.05) is 36.4 Å². The molecule has 2 aromatic rings. The number of benzene rings is 2. The molecule has 0 aliphatic carbocycles. The van der Waals surface area contributed by atoms with Crippen LogP contribution in [0.15, 0.2) is 48.5 Å². The van der Waals surface area contributed by atoms with Crippen molar-refractivity contribution >= 4 is 17.7 Å². The Labute approximate surface area is 177 Å². The lowest BCUT2D eigenvalue weighted by atomic mass is 10.1. The average Bonchev–Trinajstić information content (AvgIpc) is 3.01. The van der Waals surface area contributed by atoms with Gasteiger partial charge in [0.25, 0.3) is 11.8 Å². The number of nitrogens with one attached hydrogen (secondary N) is 2. The van der Waals surface area contributed by atoms with Crippen LogP contribution in [-0.4, -0.2) is 42.3 Å². The molecule has 0 saturated heterocycles. The summed E-state index contributed by atoms with van der Waals surface area (Å²) >= 11 is 0. The quantitative estimate of drug-likeness (QED) is 0.589. The van der Waals surface area contributed by atoms with E-state index in [1.165, 1.54) is 15.4 Å². The van der Waals surface area contributed by atoms with E-state index in [4.69, 9.17) is 0 Å². The maximum Gasteiger partial charge on any atom is 0.261 e. The van der Waals surface area contributed by atoms with Crippen LogP contribution in [0.5, 0.6) is 0 Å². The first-order valence-corrected chi connectivity index (χ1v) is 10.7. The highest BCUT2D eigenvalue weighted by Gasteiger charge is 2.34. The molecule has 0 radical (unpaired) electrons. The zero-order valence-electron chi connectivity index (χ0n) is 17.7. The van der Waals surface area contributed by atoms with Crippen molar-refractivity contribution < 1.29 is 19.3 Å². The maximum atomic E-state index is 12.4. The lowest BCUT2D eigenvalue weighted by molar-refractivity contribution is -0.910. The summed E-state index contributed by atoms with van der Waals surface area (Å²) in [6.45, 7) is 8.17. The van der Waals surface area contributed by atoms with Crippen molar-refractivity contribution in [3.05, 3.63) is 70.8 Å². The van der Waals surface area contributed by atoms with E-state index in [0.29, 0.717) is 24.1 Å². The van der Waals surface area contributed by atoms with Gasteiger partial charge < -0.3 is 10.2 Å². The molecule has 30 heavy (non-hydrogen) atoms. The van der Waals surface area contributed by atoms with Crippen molar-refractivity contribution in [3.63, 3.8) is 0 Å². The third-order valence-electron chi connectivity index (χ3n) is 5.70. The zero-order valence-corrected chi connectivity index (χ0v) is 17.7. The molecular weight excluding hydrogens is 378 g/mol. The van der Waals surface area contributed by atoms with E-state index in [1.54, 1.807) is 24.3 Å². The van der Waals surface area contributed by atoms with Gasteiger partial charge in [-0.2, -0.15) is 0 Å².